The molecule has 0 saturated carbocycles. The summed E-state index contributed by atoms with van der Waals surface area (Å²) >= 11 is 10.4. The molecule has 1 unspecified atom stereocenters. The molecule has 17 heavy (non-hydrogen) atoms. The Morgan fingerprint density at radius 2 is 2.12 bits per heavy atom. The van der Waals surface area contributed by atoms with Crippen molar-refractivity contribution in [1.29, 1.82) is 0 Å². The first kappa shape index (κ1) is 13.0. The summed E-state index contributed by atoms with van der Waals surface area (Å²) in [6.07, 6.45) is -0.487. The van der Waals surface area contributed by atoms with Crippen LogP contribution in [-0.2, 0) is 6.42 Å². The van der Waals surface area contributed by atoms with Crippen molar-refractivity contribution in [2.75, 3.05) is 0 Å². The Bertz CT molecular complexity index is 529. The first-order chi connectivity index (χ1) is 8.08. The summed E-state index contributed by atoms with van der Waals surface area (Å²) in [4.78, 5) is 0.802. The number of hydrogen-bond acceptors (Lipinski definition) is 2. The Balaban J connectivity index is 2.18. The van der Waals surface area contributed by atoms with Crippen molar-refractivity contribution in [2.45, 2.75) is 12.5 Å². The normalized spacial score (nSPS) is 12.7. The monoisotopic (exact) mass is 334 g/mol. The summed E-state index contributed by atoms with van der Waals surface area (Å²) in [7, 11) is 0. The van der Waals surface area contributed by atoms with Gasteiger partial charge < -0.3 is 5.11 Å². The van der Waals surface area contributed by atoms with Crippen LogP contribution >= 0.6 is 38.9 Å². The second-order valence-corrected chi connectivity index (χ2v) is 6.48. The molecule has 0 aliphatic rings. The Morgan fingerprint density at radius 1 is 1.35 bits per heavy atom. The molecule has 1 aromatic carbocycles. The Labute approximate surface area is 116 Å². The Hall–Kier alpha value is -0.420. The molecule has 0 spiro atoms. The molecule has 90 valence electrons. The van der Waals surface area contributed by atoms with Crippen LogP contribution in [0.4, 0.5) is 4.39 Å². The van der Waals surface area contributed by atoms with E-state index in [-0.39, 0.29) is 11.4 Å². The molecule has 0 bridgehead atoms. The molecule has 0 aliphatic carbocycles. The van der Waals surface area contributed by atoms with Crippen molar-refractivity contribution in [3.05, 3.63) is 55.4 Å². The molecule has 0 amide bonds. The summed E-state index contributed by atoms with van der Waals surface area (Å²) in [6, 6.07) is 8.48. The zero-order valence-electron chi connectivity index (χ0n) is 8.66. The number of rotatable bonds is 3. The van der Waals surface area contributed by atoms with Crippen LogP contribution < -0.4 is 0 Å². The lowest BCUT2D eigenvalue weighted by Crippen LogP contribution is -2.01. The predicted octanol–water partition coefficient (Wildman–Crippen LogP) is 4.58. The third-order valence-electron chi connectivity index (χ3n) is 2.37. The lowest BCUT2D eigenvalue weighted by molar-refractivity contribution is 0.181. The highest BCUT2D eigenvalue weighted by atomic mass is 79.9. The average Bonchev–Trinajstić information content (AvgIpc) is 2.72. The lowest BCUT2D eigenvalue weighted by atomic mass is 10.1. The summed E-state index contributed by atoms with van der Waals surface area (Å²) < 4.78 is 14.6. The van der Waals surface area contributed by atoms with Crippen LogP contribution in [0.2, 0.25) is 5.02 Å². The highest BCUT2D eigenvalue weighted by Crippen LogP contribution is 2.30. The van der Waals surface area contributed by atoms with Gasteiger partial charge in [-0.25, -0.2) is 4.39 Å². The molecule has 5 heteroatoms. The van der Waals surface area contributed by atoms with Gasteiger partial charge in [0.15, 0.2) is 0 Å². The van der Waals surface area contributed by atoms with E-state index in [1.807, 2.05) is 12.1 Å². The molecule has 0 aliphatic heterocycles. The van der Waals surface area contributed by atoms with E-state index in [1.54, 1.807) is 12.1 Å². The number of hydrogen-bond donors (Lipinski definition) is 1. The third kappa shape index (κ3) is 3.07. The van der Waals surface area contributed by atoms with E-state index in [9.17, 15) is 9.50 Å². The van der Waals surface area contributed by atoms with Gasteiger partial charge in [0, 0.05) is 11.3 Å². The van der Waals surface area contributed by atoms with E-state index in [0.717, 1.165) is 8.66 Å². The topological polar surface area (TPSA) is 20.2 Å². The van der Waals surface area contributed by atoms with E-state index >= 15 is 0 Å². The fourth-order valence-corrected chi connectivity index (χ4v) is 3.13. The van der Waals surface area contributed by atoms with E-state index in [1.165, 1.54) is 17.4 Å². The van der Waals surface area contributed by atoms with E-state index in [2.05, 4.69) is 15.9 Å². The van der Waals surface area contributed by atoms with Crippen LogP contribution in [0.1, 0.15) is 16.5 Å². The molecule has 2 aromatic rings. The maximum absolute atomic E-state index is 13.6. The molecule has 2 rings (SSSR count). The highest BCUT2D eigenvalue weighted by Gasteiger charge is 2.14. The van der Waals surface area contributed by atoms with E-state index in [4.69, 9.17) is 11.6 Å². The van der Waals surface area contributed by atoms with Crippen LogP contribution in [0.5, 0.6) is 0 Å². The van der Waals surface area contributed by atoms with Crippen molar-refractivity contribution >= 4 is 38.9 Å². The minimum absolute atomic E-state index is 0.0852. The summed E-state index contributed by atoms with van der Waals surface area (Å²) in [5.41, 5.74) is 0.425. The molecule has 1 aromatic heterocycles. The predicted molar refractivity (Wildman–Crippen MR) is 72.1 cm³/mol. The van der Waals surface area contributed by atoms with Crippen molar-refractivity contribution in [2.24, 2.45) is 0 Å². The first-order valence-corrected chi connectivity index (χ1v) is 6.93. The van der Waals surface area contributed by atoms with Crippen LogP contribution in [0, 0.1) is 5.82 Å². The van der Waals surface area contributed by atoms with Gasteiger partial charge in [-0.15, -0.1) is 11.3 Å². The standard InChI is InChI=1S/C12H9BrClFOS/c13-11-5-4-10(17-11)9(16)6-7-2-1-3-8(14)12(7)15/h1-5,9,16H,6H2. The van der Waals surface area contributed by atoms with Gasteiger partial charge in [-0.3, -0.25) is 0 Å². The zero-order valence-corrected chi connectivity index (χ0v) is 11.8. The van der Waals surface area contributed by atoms with Gasteiger partial charge in [-0.05, 0) is 39.7 Å². The summed E-state index contributed by atoms with van der Waals surface area (Å²) in [5.74, 6) is -0.455. The van der Waals surface area contributed by atoms with Gasteiger partial charge >= 0.3 is 0 Å². The summed E-state index contributed by atoms with van der Waals surface area (Å²) in [6.45, 7) is 0. The Morgan fingerprint density at radius 3 is 2.76 bits per heavy atom. The minimum Gasteiger partial charge on any atom is -0.387 e. The molecule has 0 saturated heterocycles. The second kappa shape index (κ2) is 5.48. The summed E-state index contributed by atoms with van der Waals surface area (Å²) in [5, 5.41) is 10.1. The van der Waals surface area contributed by atoms with Crippen molar-refractivity contribution in [1.82, 2.24) is 0 Å². The van der Waals surface area contributed by atoms with E-state index in [0.29, 0.717) is 5.56 Å². The van der Waals surface area contributed by atoms with Gasteiger partial charge in [0.25, 0.3) is 0 Å². The largest absolute Gasteiger partial charge is 0.387 e. The molecular formula is C12H9BrClFOS. The first-order valence-electron chi connectivity index (χ1n) is 4.94. The van der Waals surface area contributed by atoms with Gasteiger partial charge in [-0.2, -0.15) is 0 Å². The minimum atomic E-state index is -0.709. The number of thiophene rings is 1. The van der Waals surface area contributed by atoms with Gasteiger partial charge in [0.1, 0.15) is 5.82 Å². The Kier molecular flexibility index (Phi) is 4.20. The molecule has 1 nitrogen and oxygen atoms in total. The number of benzene rings is 1. The number of aliphatic hydroxyl groups excluding tert-OH is 1. The van der Waals surface area contributed by atoms with E-state index < -0.39 is 11.9 Å². The van der Waals surface area contributed by atoms with Gasteiger partial charge in [-0.1, -0.05) is 23.7 Å². The average molecular weight is 336 g/mol. The van der Waals surface area contributed by atoms with Gasteiger partial charge in [0.05, 0.1) is 14.9 Å². The third-order valence-corrected chi connectivity index (χ3v) is 4.38. The van der Waals surface area contributed by atoms with Crippen molar-refractivity contribution in [3.63, 3.8) is 0 Å². The SMILES string of the molecule is OC(Cc1cccc(Cl)c1F)c1ccc(Br)s1. The molecule has 1 N–H and O–H groups in total. The molecular weight excluding hydrogens is 327 g/mol. The zero-order chi connectivity index (χ0) is 12.4. The highest BCUT2D eigenvalue weighted by molar-refractivity contribution is 9.11. The van der Waals surface area contributed by atoms with Crippen molar-refractivity contribution in [3.8, 4) is 0 Å². The molecule has 0 radical (unpaired) electrons. The van der Waals surface area contributed by atoms with Crippen LogP contribution in [-0.4, -0.2) is 5.11 Å². The molecule has 0 fully saturated rings. The number of halogens is 3. The smallest absolute Gasteiger partial charge is 0.145 e. The molecule has 1 atom stereocenters. The number of aliphatic hydroxyl groups is 1. The van der Waals surface area contributed by atoms with Gasteiger partial charge in [0.2, 0.25) is 0 Å². The van der Waals surface area contributed by atoms with Crippen LogP contribution in [0.25, 0.3) is 0 Å². The fraction of sp³-hybridized carbons (Fsp3) is 0.167. The van der Waals surface area contributed by atoms with Crippen LogP contribution in [0.15, 0.2) is 34.1 Å². The van der Waals surface area contributed by atoms with Crippen molar-refractivity contribution < 1.29 is 9.50 Å². The lowest BCUT2D eigenvalue weighted by Gasteiger charge is -2.09. The molecule has 1 heterocycles. The maximum atomic E-state index is 13.6. The second-order valence-electron chi connectivity index (χ2n) is 3.57. The van der Waals surface area contributed by atoms with Crippen LogP contribution in [0.3, 0.4) is 0 Å². The fourth-order valence-electron chi connectivity index (χ4n) is 1.52. The maximum Gasteiger partial charge on any atom is 0.145 e. The quantitative estimate of drug-likeness (QED) is 0.870.